The topological polar surface area (TPSA) is 35.5 Å². The molecular formula is C12H12O3. The van der Waals surface area contributed by atoms with Gasteiger partial charge in [-0.05, 0) is 6.92 Å². The fraction of sp³-hybridized carbons (Fsp3) is 0.250. The quantitative estimate of drug-likeness (QED) is 0.520. The molecule has 1 aromatic carbocycles. The molecule has 78 valence electrons. The molecule has 1 unspecified atom stereocenters. The highest BCUT2D eigenvalue weighted by molar-refractivity contribution is 5.90. The van der Waals surface area contributed by atoms with Crippen LogP contribution in [0.15, 0.2) is 30.3 Å². The van der Waals surface area contributed by atoms with Crippen LogP contribution in [0.3, 0.4) is 0 Å². The fourth-order valence-electron chi connectivity index (χ4n) is 1.67. The van der Waals surface area contributed by atoms with Crippen molar-refractivity contribution >= 4 is 11.7 Å². The standard InChI is InChI=1S/C12H12O3/c1-8-9-5-3-4-6-10(9)11(15-8)7-12(13)14-2/h3-8H,1-2H3/b11-7-. The average Bonchev–Trinajstić information content (AvgIpc) is 2.57. The van der Waals surface area contributed by atoms with Crippen molar-refractivity contribution in [2.45, 2.75) is 13.0 Å². The summed E-state index contributed by atoms with van der Waals surface area (Å²) < 4.78 is 10.1. The van der Waals surface area contributed by atoms with E-state index in [0.29, 0.717) is 5.76 Å². The maximum absolute atomic E-state index is 11.1. The van der Waals surface area contributed by atoms with Gasteiger partial charge in [-0.15, -0.1) is 0 Å². The Morgan fingerprint density at radius 3 is 2.93 bits per heavy atom. The zero-order valence-electron chi connectivity index (χ0n) is 8.69. The number of benzene rings is 1. The smallest absolute Gasteiger partial charge is 0.334 e. The Hall–Kier alpha value is -1.77. The lowest BCUT2D eigenvalue weighted by molar-refractivity contribution is -0.134. The molecule has 15 heavy (non-hydrogen) atoms. The fourth-order valence-corrected chi connectivity index (χ4v) is 1.67. The van der Waals surface area contributed by atoms with E-state index in [0.717, 1.165) is 11.1 Å². The van der Waals surface area contributed by atoms with Crippen molar-refractivity contribution in [2.75, 3.05) is 7.11 Å². The third-order valence-corrected chi connectivity index (χ3v) is 2.42. The van der Waals surface area contributed by atoms with E-state index in [9.17, 15) is 4.79 Å². The normalized spacial score (nSPS) is 20.9. The summed E-state index contributed by atoms with van der Waals surface area (Å²) in [6.45, 7) is 1.96. The summed E-state index contributed by atoms with van der Waals surface area (Å²) in [5.74, 6) is 0.193. The lowest BCUT2D eigenvalue weighted by atomic mass is 10.1. The summed E-state index contributed by atoms with van der Waals surface area (Å²) in [6.07, 6.45) is 1.37. The van der Waals surface area contributed by atoms with E-state index in [1.54, 1.807) is 0 Å². The largest absolute Gasteiger partial charge is 0.485 e. The van der Waals surface area contributed by atoms with Crippen LogP contribution in [0.1, 0.15) is 24.2 Å². The van der Waals surface area contributed by atoms with Crippen molar-refractivity contribution in [3.05, 3.63) is 41.5 Å². The van der Waals surface area contributed by atoms with Gasteiger partial charge >= 0.3 is 5.97 Å². The van der Waals surface area contributed by atoms with E-state index in [4.69, 9.17) is 4.74 Å². The molecule has 1 heterocycles. The van der Waals surface area contributed by atoms with Gasteiger partial charge in [0.1, 0.15) is 11.9 Å². The first-order chi connectivity index (χ1) is 7.22. The van der Waals surface area contributed by atoms with E-state index in [2.05, 4.69) is 4.74 Å². The maximum Gasteiger partial charge on any atom is 0.334 e. The molecule has 0 bridgehead atoms. The molecule has 0 fully saturated rings. The van der Waals surface area contributed by atoms with Crippen LogP contribution in [0.4, 0.5) is 0 Å². The van der Waals surface area contributed by atoms with Crippen molar-refractivity contribution in [1.82, 2.24) is 0 Å². The van der Waals surface area contributed by atoms with Crippen LogP contribution < -0.4 is 0 Å². The highest BCUT2D eigenvalue weighted by Crippen LogP contribution is 2.37. The van der Waals surface area contributed by atoms with Crippen LogP contribution in [0.5, 0.6) is 0 Å². The number of hydrogen-bond donors (Lipinski definition) is 0. The summed E-state index contributed by atoms with van der Waals surface area (Å²) >= 11 is 0. The lowest BCUT2D eigenvalue weighted by Gasteiger charge is -2.03. The van der Waals surface area contributed by atoms with Gasteiger partial charge in [-0.2, -0.15) is 0 Å². The van der Waals surface area contributed by atoms with Gasteiger partial charge in [0.05, 0.1) is 13.2 Å². The molecular weight excluding hydrogens is 192 g/mol. The number of carbonyl (C=O) groups excluding carboxylic acids is 1. The summed E-state index contributed by atoms with van der Waals surface area (Å²) in [5.41, 5.74) is 2.07. The van der Waals surface area contributed by atoms with Crippen molar-refractivity contribution in [1.29, 1.82) is 0 Å². The van der Waals surface area contributed by atoms with Crippen LogP contribution in [-0.2, 0) is 14.3 Å². The van der Waals surface area contributed by atoms with Gasteiger partial charge in [-0.3, -0.25) is 0 Å². The molecule has 3 heteroatoms. The van der Waals surface area contributed by atoms with Crippen LogP contribution in [-0.4, -0.2) is 13.1 Å². The van der Waals surface area contributed by atoms with Crippen molar-refractivity contribution < 1.29 is 14.3 Å². The third kappa shape index (κ3) is 1.73. The van der Waals surface area contributed by atoms with Crippen LogP contribution in [0.2, 0.25) is 0 Å². The number of esters is 1. The summed E-state index contributed by atoms with van der Waals surface area (Å²) in [4.78, 5) is 11.1. The lowest BCUT2D eigenvalue weighted by Crippen LogP contribution is -1.96. The Morgan fingerprint density at radius 1 is 1.47 bits per heavy atom. The number of methoxy groups -OCH3 is 1. The summed E-state index contributed by atoms with van der Waals surface area (Å²) in [6, 6.07) is 7.82. The molecule has 1 atom stereocenters. The Morgan fingerprint density at radius 2 is 2.20 bits per heavy atom. The second kappa shape index (κ2) is 3.77. The molecule has 0 N–H and O–H groups in total. The average molecular weight is 204 g/mol. The molecule has 1 aliphatic heterocycles. The van der Waals surface area contributed by atoms with Gasteiger partial charge in [0.15, 0.2) is 0 Å². The van der Waals surface area contributed by atoms with Gasteiger partial charge in [0.2, 0.25) is 0 Å². The molecule has 0 saturated heterocycles. The molecule has 0 amide bonds. The van der Waals surface area contributed by atoms with Crippen LogP contribution in [0, 0.1) is 0 Å². The first-order valence-corrected chi connectivity index (χ1v) is 4.78. The molecule has 0 aliphatic carbocycles. The number of rotatable bonds is 1. The highest BCUT2D eigenvalue weighted by atomic mass is 16.5. The van der Waals surface area contributed by atoms with Crippen LogP contribution >= 0.6 is 0 Å². The molecule has 0 radical (unpaired) electrons. The molecule has 1 aromatic rings. The predicted molar refractivity (Wildman–Crippen MR) is 55.9 cm³/mol. The molecule has 2 rings (SSSR count). The first kappa shape index (κ1) is 9.77. The molecule has 3 nitrogen and oxygen atoms in total. The first-order valence-electron chi connectivity index (χ1n) is 4.78. The Labute approximate surface area is 88.3 Å². The Balaban J connectivity index is 2.40. The monoisotopic (exact) mass is 204 g/mol. The van der Waals surface area contributed by atoms with Gasteiger partial charge in [-0.1, -0.05) is 24.3 Å². The Kier molecular flexibility index (Phi) is 2.46. The third-order valence-electron chi connectivity index (χ3n) is 2.42. The van der Waals surface area contributed by atoms with E-state index < -0.39 is 5.97 Å². The number of hydrogen-bond acceptors (Lipinski definition) is 3. The molecule has 1 aliphatic rings. The summed E-state index contributed by atoms with van der Waals surface area (Å²) in [7, 11) is 1.35. The van der Waals surface area contributed by atoms with Crippen molar-refractivity contribution in [3.8, 4) is 0 Å². The minimum Gasteiger partial charge on any atom is -0.485 e. The van der Waals surface area contributed by atoms with Gasteiger partial charge < -0.3 is 9.47 Å². The van der Waals surface area contributed by atoms with E-state index in [1.165, 1.54) is 13.2 Å². The van der Waals surface area contributed by atoms with E-state index in [1.807, 2.05) is 31.2 Å². The van der Waals surface area contributed by atoms with Gasteiger partial charge in [0, 0.05) is 11.1 Å². The second-order valence-electron chi connectivity index (χ2n) is 3.38. The van der Waals surface area contributed by atoms with E-state index in [-0.39, 0.29) is 6.10 Å². The van der Waals surface area contributed by atoms with Crippen molar-refractivity contribution in [3.63, 3.8) is 0 Å². The zero-order chi connectivity index (χ0) is 10.8. The maximum atomic E-state index is 11.1. The van der Waals surface area contributed by atoms with Crippen molar-refractivity contribution in [2.24, 2.45) is 0 Å². The van der Waals surface area contributed by atoms with Gasteiger partial charge in [-0.25, -0.2) is 4.79 Å². The molecule has 0 aromatic heterocycles. The Bertz CT molecular complexity index is 421. The SMILES string of the molecule is COC(=O)/C=C1\OC(C)c2ccccc21. The molecule has 0 saturated carbocycles. The predicted octanol–water partition coefficient (Wildman–Crippen LogP) is 2.29. The van der Waals surface area contributed by atoms with E-state index >= 15 is 0 Å². The summed E-state index contributed by atoms with van der Waals surface area (Å²) in [5, 5.41) is 0. The molecule has 0 spiro atoms. The minimum atomic E-state index is -0.395. The minimum absolute atomic E-state index is 0.00268. The number of carbonyl (C=O) groups is 1. The highest BCUT2D eigenvalue weighted by Gasteiger charge is 2.24. The van der Waals surface area contributed by atoms with Gasteiger partial charge in [0.25, 0.3) is 0 Å². The second-order valence-corrected chi connectivity index (χ2v) is 3.38. The number of fused-ring (bicyclic) bond motifs is 1. The van der Waals surface area contributed by atoms with Crippen LogP contribution in [0.25, 0.3) is 5.76 Å². The zero-order valence-corrected chi connectivity index (χ0v) is 8.69. The number of ether oxygens (including phenoxy) is 2.